The molecule has 112 valence electrons. The van der Waals surface area contributed by atoms with Gasteiger partial charge in [-0.05, 0) is 24.3 Å². The van der Waals surface area contributed by atoms with Crippen LogP contribution >= 0.6 is 0 Å². The maximum absolute atomic E-state index is 12.9. The molecule has 6 heteroatoms. The number of fused-ring (bicyclic) bond motifs is 4. The summed E-state index contributed by atoms with van der Waals surface area (Å²) in [6.07, 6.45) is -2.56. The summed E-state index contributed by atoms with van der Waals surface area (Å²) in [6, 6.07) is 7.43. The average molecular weight is 306 g/mol. The number of ether oxygens (including phenoxy) is 2. The lowest BCUT2D eigenvalue weighted by molar-refractivity contribution is -0.643. The molecule has 0 fully saturated rings. The van der Waals surface area contributed by atoms with E-state index in [9.17, 15) is 13.2 Å². The molecule has 1 aliphatic heterocycles. The van der Waals surface area contributed by atoms with Crippen molar-refractivity contribution in [1.82, 2.24) is 0 Å². The van der Waals surface area contributed by atoms with Crippen molar-refractivity contribution in [3.8, 4) is 11.5 Å². The molecule has 22 heavy (non-hydrogen) atoms. The van der Waals surface area contributed by atoms with Gasteiger partial charge in [0.1, 0.15) is 7.05 Å². The highest BCUT2D eigenvalue weighted by molar-refractivity contribution is 6.05. The fraction of sp³-hybridized carbons (Fsp3) is 0.188. The molecule has 1 aliphatic rings. The summed E-state index contributed by atoms with van der Waals surface area (Å²) >= 11 is 0. The highest BCUT2D eigenvalue weighted by atomic mass is 19.4. The highest BCUT2D eigenvalue weighted by Gasteiger charge is 2.32. The third kappa shape index (κ3) is 1.87. The van der Waals surface area contributed by atoms with Gasteiger partial charge in [0.05, 0.1) is 16.3 Å². The van der Waals surface area contributed by atoms with Crippen molar-refractivity contribution in [2.75, 3.05) is 6.79 Å². The first-order valence-corrected chi connectivity index (χ1v) is 6.66. The van der Waals surface area contributed by atoms with Gasteiger partial charge in [0.15, 0.2) is 17.7 Å². The van der Waals surface area contributed by atoms with E-state index < -0.39 is 11.7 Å². The van der Waals surface area contributed by atoms with Crippen LogP contribution in [0.2, 0.25) is 0 Å². The quantitative estimate of drug-likeness (QED) is 0.468. The number of rotatable bonds is 0. The molecule has 0 radical (unpaired) electrons. The van der Waals surface area contributed by atoms with Crippen LogP contribution < -0.4 is 14.0 Å². The molecule has 4 rings (SSSR count). The monoisotopic (exact) mass is 306 g/mol. The minimum Gasteiger partial charge on any atom is -0.454 e. The van der Waals surface area contributed by atoms with Crippen LogP contribution in [0.3, 0.4) is 0 Å². The Bertz CT molecular complexity index is 919. The van der Waals surface area contributed by atoms with E-state index in [-0.39, 0.29) is 6.79 Å². The zero-order chi connectivity index (χ0) is 15.5. The Kier molecular flexibility index (Phi) is 2.55. The summed E-state index contributed by atoms with van der Waals surface area (Å²) < 4.78 is 51.1. The van der Waals surface area contributed by atoms with Crippen LogP contribution in [0.25, 0.3) is 21.7 Å². The van der Waals surface area contributed by atoms with Crippen LogP contribution in [-0.2, 0) is 13.2 Å². The standard InChI is InChI=1S/C16H11F3NO2/c1-20-7-9-4-14-15(22-8-21-14)6-12(9)11-3-2-10(5-13(11)20)16(17,18)19/h2-7H,8H2,1H3/q+1. The van der Waals surface area contributed by atoms with Gasteiger partial charge in [-0.2, -0.15) is 13.2 Å². The van der Waals surface area contributed by atoms with Crippen LogP contribution in [0.4, 0.5) is 13.2 Å². The van der Waals surface area contributed by atoms with E-state index in [1.165, 1.54) is 12.1 Å². The maximum atomic E-state index is 12.9. The lowest BCUT2D eigenvalue weighted by atomic mass is 10.0. The van der Waals surface area contributed by atoms with Gasteiger partial charge < -0.3 is 9.47 Å². The van der Waals surface area contributed by atoms with Gasteiger partial charge in [0, 0.05) is 11.5 Å². The van der Waals surface area contributed by atoms with E-state index in [1.807, 2.05) is 12.1 Å². The van der Waals surface area contributed by atoms with E-state index in [4.69, 9.17) is 9.47 Å². The van der Waals surface area contributed by atoms with Gasteiger partial charge in [-0.1, -0.05) is 0 Å². The Balaban J connectivity index is 2.07. The second-order valence-corrected chi connectivity index (χ2v) is 5.26. The average Bonchev–Trinajstić information content (AvgIpc) is 2.91. The van der Waals surface area contributed by atoms with Crippen LogP contribution in [0, 0.1) is 0 Å². The van der Waals surface area contributed by atoms with Gasteiger partial charge in [0.25, 0.3) is 0 Å². The van der Waals surface area contributed by atoms with E-state index >= 15 is 0 Å². The van der Waals surface area contributed by atoms with E-state index in [1.54, 1.807) is 17.8 Å². The fourth-order valence-electron chi connectivity index (χ4n) is 2.80. The lowest BCUT2D eigenvalue weighted by Crippen LogP contribution is -2.28. The molecule has 0 N–H and O–H groups in total. The van der Waals surface area contributed by atoms with Crippen molar-refractivity contribution >= 4 is 21.7 Å². The van der Waals surface area contributed by atoms with Crippen molar-refractivity contribution in [3.63, 3.8) is 0 Å². The number of hydrogen-bond donors (Lipinski definition) is 0. The molecule has 0 amide bonds. The van der Waals surface area contributed by atoms with Crippen molar-refractivity contribution in [2.24, 2.45) is 7.05 Å². The zero-order valence-electron chi connectivity index (χ0n) is 11.6. The van der Waals surface area contributed by atoms with E-state index in [0.29, 0.717) is 17.0 Å². The lowest BCUT2D eigenvalue weighted by Gasteiger charge is -2.08. The molecule has 0 unspecified atom stereocenters. The summed E-state index contributed by atoms with van der Waals surface area (Å²) in [6.45, 7) is 0.161. The predicted octanol–water partition coefficient (Wildman–Crippen LogP) is 3.57. The van der Waals surface area contributed by atoms with Crippen molar-refractivity contribution in [2.45, 2.75) is 6.18 Å². The fourth-order valence-corrected chi connectivity index (χ4v) is 2.80. The van der Waals surface area contributed by atoms with Crippen molar-refractivity contribution in [3.05, 3.63) is 42.1 Å². The Hall–Kier alpha value is -2.50. The number of benzene rings is 2. The molecule has 1 aromatic heterocycles. The minimum absolute atomic E-state index is 0.161. The third-order valence-corrected chi connectivity index (χ3v) is 3.87. The molecular formula is C16H11F3NO2+. The van der Waals surface area contributed by atoms with E-state index in [0.717, 1.165) is 22.2 Å². The molecule has 2 heterocycles. The Morgan fingerprint density at radius 2 is 1.73 bits per heavy atom. The summed E-state index contributed by atoms with van der Waals surface area (Å²) in [5.41, 5.74) is -0.142. The maximum Gasteiger partial charge on any atom is 0.416 e. The number of hydrogen-bond acceptors (Lipinski definition) is 2. The number of aryl methyl sites for hydroxylation is 1. The molecule has 0 saturated carbocycles. The summed E-state index contributed by atoms with van der Waals surface area (Å²) in [5.74, 6) is 1.27. The molecule has 0 atom stereocenters. The predicted molar refractivity (Wildman–Crippen MR) is 73.8 cm³/mol. The van der Waals surface area contributed by atoms with Gasteiger partial charge in [-0.3, -0.25) is 0 Å². The summed E-state index contributed by atoms with van der Waals surface area (Å²) in [4.78, 5) is 0. The summed E-state index contributed by atoms with van der Waals surface area (Å²) in [5, 5.41) is 2.47. The largest absolute Gasteiger partial charge is 0.454 e. The summed E-state index contributed by atoms with van der Waals surface area (Å²) in [7, 11) is 1.73. The molecule has 2 aromatic carbocycles. The number of aromatic nitrogens is 1. The molecule has 3 nitrogen and oxygen atoms in total. The Morgan fingerprint density at radius 1 is 1.00 bits per heavy atom. The topological polar surface area (TPSA) is 22.3 Å². The smallest absolute Gasteiger partial charge is 0.416 e. The number of nitrogens with zero attached hydrogens (tertiary/aromatic N) is 1. The number of alkyl halides is 3. The second kappa shape index (κ2) is 4.25. The second-order valence-electron chi connectivity index (χ2n) is 5.26. The number of halogens is 3. The van der Waals surface area contributed by atoms with E-state index in [2.05, 4.69) is 0 Å². The van der Waals surface area contributed by atoms with Gasteiger partial charge >= 0.3 is 6.18 Å². The van der Waals surface area contributed by atoms with Gasteiger partial charge in [0.2, 0.25) is 12.3 Å². The molecule has 0 spiro atoms. The van der Waals surface area contributed by atoms with Crippen LogP contribution in [0.5, 0.6) is 11.5 Å². The SMILES string of the molecule is C[n+]1cc2cc3c(cc2c2ccc(C(F)(F)F)cc21)OCO3. The van der Waals surface area contributed by atoms with Gasteiger partial charge in [-0.25, -0.2) is 4.57 Å². The first-order chi connectivity index (χ1) is 10.4. The number of pyridine rings is 1. The highest BCUT2D eigenvalue weighted by Crippen LogP contribution is 2.38. The third-order valence-electron chi connectivity index (χ3n) is 3.87. The minimum atomic E-state index is -4.36. The molecular weight excluding hydrogens is 295 g/mol. The first kappa shape index (κ1) is 13.2. The molecule has 0 bridgehead atoms. The normalized spacial score (nSPS) is 14.0. The zero-order valence-corrected chi connectivity index (χ0v) is 11.6. The van der Waals surface area contributed by atoms with Crippen molar-refractivity contribution in [1.29, 1.82) is 0 Å². The Labute approximate surface area is 123 Å². The molecule has 0 saturated heterocycles. The van der Waals surface area contributed by atoms with Crippen LogP contribution in [0.15, 0.2) is 36.5 Å². The molecule has 3 aromatic rings. The Morgan fingerprint density at radius 3 is 2.45 bits per heavy atom. The van der Waals surface area contributed by atoms with Crippen molar-refractivity contribution < 1.29 is 27.2 Å². The first-order valence-electron chi connectivity index (χ1n) is 6.66. The van der Waals surface area contributed by atoms with Gasteiger partial charge in [-0.15, -0.1) is 0 Å². The van der Waals surface area contributed by atoms with Crippen LogP contribution in [-0.4, -0.2) is 6.79 Å². The molecule has 0 aliphatic carbocycles. The van der Waals surface area contributed by atoms with Crippen LogP contribution in [0.1, 0.15) is 5.56 Å².